The molecule has 0 atom stereocenters. The van der Waals surface area contributed by atoms with Gasteiger partial charge in [-0.1, -0.05) is 158 Å². The van der Waals surface area contributed by atoms with Crippen LogP contribution in [0.5, 0.6) is 0 Å². The van der Waals surface area contributed by atoms with Crippen LogP contribution in [0.15, 0.2) is 212 Å². The number of fused-ring (bicyclic) bond motifs is 7. The maximum atomic E-state index is 2.42. The van der Waals surface area contributed by atoms with Crippen LogP contribution < -0.4 is 4.90 Å². The van der Waals surface area contributed by atoms with Crippen LogP contribution in [0.2, 0.25) is 0 Å². The highest BCUT2D eigenvalue weighted by atomic mass is 32.1. The van der Waals surface area contributed by atoms with Gasteiger partial charge < -0.3 is 4.90 Å². The summed E-state index contributed by atoms with van der Waals surface area (Å²) in [5.41, 5.74) is 10.7. The van der Waals surface area contributed by atoms with Gasteiger partial charge in [0.25, 0.3) is 0 Å². The Labute approximate surface area is 330 Å². The third-order valence-electron chi connectivity index (χ3n) is 11.2. The molecule has 0 radical (unpaired) electrons. The molecule has 0 saturated heterocycles. The Morgan fingerprint density at radius 3 is 1.45 bits per heavy atom. The Bertz CT molecular complexity index is 3230. The molecule has 262 valence electrons. The van der Waals surface area contributed by atoms with Crippen molar-refractivity contribution < 1.29 is 0 Å². The highest BCUT2D eigenvalue weighted by Crippen LogP contribution is 2.47. The summed E-state index contributed by atoms with van der Waals surface area (Å²) in [5, 5.41) is 10.2. The fraction of sp³-hybridized carbons (Fsp3) is 0. The normalized spacial score (nSPS) is 11.6. The van der Waals surface area contributed by atoms with E-state index in [0.717, 1.165) is 11.4 Å². The summed E-state index contributed by atoms with van der Waals surface area (Å²) in [6, 6.07) is 77.7. The van der Waals surface area contributed by atoms with E-state index in [-0.39, 0.29) is 0 Å². The van der Waals surface area contributed by atoms with E-state index in [1.54, 1.807) is 0 Å². The first-order valence-corrected chi connectivity index (χ1v) is 20.0. The van der Waals surface area contributed by atoms with Crippen LogP contribution >= 0.6 is 11.3 Å². The Morgan fingerprint density at radius 1 is 0.304 bits per heavy atom. The lowest BCUT2D eigenvalue weighted by Gasteiger charge is -2.26. The van der Waals surface area contributed by atoms with E-state index >= 15 is 0 Å². The van der Waals surface area contributed by atoms with Gasteiger partial charge in [-0.25, -0.2) is 0 Å². The molecule has 2 heteroatoms. The van der Waals surface area contributed by atoms with Gasteiger partial charge in [0.15, 0.2) is 0 Å². The quantitative estimate of drug-likeness (QED) is 0.165. The van der Waals surface area contributed by atoms with Gasteiger partial charge >= 0.3 is 0 Å². The van der Waals surface area contributed by atoms with Crippen LogP contribution in [0.1, 0.15) is 0 Å². The highest BCUT2D eigenvalue weighted by Gasteiger charge is 2.19. The van der Waals surface area contributed by atoms with Gasteiger partial charge in [0.2, 0.25) is 0 Å². The second-order valence-electron chi connectivity index (χ2n) is 14.5. The van der Waals surface area contributed by atoms with Gasteiger partial charge in [0.05, 0.1) is 10.4 Å². The molecular weight excluding hydrogens is 695 g/mol. The first-order valence-electron chi connectivity index (χ1n) is 19.2. The Morgan fingerprint density at radius 2 is 0.768 bits per heavy atom. The van der Waals surface area contributed by atoms with Gasteiger partial charge in [-0.3, -0.25) is 0 Å². The average molecular weight is 730 g/mol. The predicted molar refractivity (Wildman–Crippen MR) is 243 cm³/mol. The number of hydrogen-bond acceptors (Lipinski definition) is 2. The van der Waals surface area contributed by atoms with Crippen LogP contribution in [-0.2, 0) is 0 Å². The second-order valence-corrected chi connectivity index (χ2v) is 15.6. The summed E-state index contributed by atoms with van der Waals surface area (Å²) in [6.45, 7) is 0. The minimum atomic E-state index is 1.12. The van der Waals surface area contributed by atoms with E-state index < -0.39 is 0 Å². The number of rotatable bonds is 6. The van der Waals surface area contributed by atoms with E-state index in [9.17, 15) is 0 Å². The minimum absolute atomic E-state index is 1.12. The van der Waals surface area contributed by atoms with Crippen molar-refractivity contribution in [2.24, 2.45) is 0 Å². The Hall–Kier alpha value is -7.00. The van der Waals surface area contributed by atoms with Crippen molar-refractivity contribution in [2.45, 2.75) is 0 Å². The molecule has 0 saturated carbocycles. The Kier molecular flexibility index (Phi) is 7.75. The lowest BCUT2D eigenvalue weighted by molar-refractivity contribution is 1.30. The van der Waals surface area contributed by atoms with Crippen LogP contribution in [0.4, 0.5) is 17.1 Å². The summed E-state index contributed by atoms with van der Waals surface area (Å²) < 4.78 is 2.59. The maximum absolute atomic E-state index is 2.42. The fourth-order valence-electron chi connectivity index (χ4n) is 8.37. The maximum Gasteiger partial charge on any atom is 0.0640 e. The number of anilines is 3. The molecule has 0 bridgehead atoms. The van der Waals surface area contributed by atoms with Crippen LogP contribution in [0.3, 0.4) is 0 Å². The molecule has 0 N–H and O–H groups in total. The molecule has 0 amide bonds. The summed E-state index contributed by atoms with van der Waals surface area (Å²) >= 11 is 1.88. The van der Waals surface area contributed by atoms with Gasteiger partial charge in [-0.05, 0) is 120 Å². The van der Waals surface area contributed by atoms with Crippen molar-refractivity contribution in [1.29, 1.82) is 0 Å². The number of nitrogens with zero attached hydrogens (tertiary/aromatic N) is 1. The monoisotopic (exact) mass is 729 g/mol. The van der Waals surface area contributed by atoms with Crippen molar-refractivity contribution in [3.8, 4) is 33.4 Å². The van der Waals surface area contributed by atoms with Gasteiger partial charge in [-0.15, -0.1) is 11.3 Å². The molecule has 56 heavy (non-hydrogen) atoms. The molecule has 0 aliphatic rings. The van der Waals surface area contributed by atoms with Gasteiger partial charge in [0.1, 0.15) is 0 Å². The molecule has 0 fully saturated rings. The first kappa shape index (κ1) is 32.4. The molecule has 11 aromatic rings. The van der Waals surface area contributed by atoms with E-state index in [0.29, 0.717) is 0 Å². The summed E-state index contributed by atoms with van der Waals surface area (Å²) in [5.74, 6) is 0. The second kappa shape index (κ2) is 13.4. The third-order valence-corrected chi connectivity index (χ3v) is 12.4. The van der Waals surface area contributed by atoms with Crippen molar-refractivity contribution >= 4 is 80.9 Å². The predicted octanol–water partition coefficient (Wildman–Crippen LogP) is 16.0. The molecule has 1 nitrogen and oxygen atoms in total. The van der Waals surface area contributed by atoms with Gasteiger partial charge in [-0.2, -0.15) is 0 Å². The topological polar surface area (TPSA) is 3.24 Å². The van der Waals surface area contributed by atoms with Crippen LogP contribution in [0, 0.1) is 0 Å². The third kappa shape index (κ3) is 5.62. The van der Waals surface area contributed by atoms with Crippen molar-refractivity contribution in [3.63, 3.8) is 0 Å². The van der Waals surface area contributed by atoms with Crippen LogP contribution in [0.25, 0.3) is 85.9 Å². The zero-order valence-corrected chi connectivity index (χ0v) is 31.4. The van der Waals surface area contributed by atoms with E-state index in [1.807, 2.05) is 11.3 Å². The van der Waals surface area contributed by atoms with E-state index in [1.165, 1.54) is 91.6 Å². The first-order chi connectivity index (χ1) is 27.7. The van der Waals surface area contributed by atoms with E-state index in [4.69, 9.17) is 0 Å². The van der Waals surface area contributed by atoms with Crippen molar-refractivity contribution in [1.82, 2.24) is 0 Å². The van der Waals surface area contributed by atoms with Crippen molar-refractivity contribution in [2.75, 3.05) is 4.90 Å². The summed E-state index contributed by atoms with van der Waals surface area (Å²) in [4.78, 5) is 2.42. The zero-order valence-electron chi connectivity index (χ0n) is 30.6. The molecule has 0 aliphatic carbocycles. The van der Waals surface area contributed by atoms with Crippen molar-refractivity contribution in [3.05, 3.63) is 212 Å². The lowest BCUT2D eigenvalue weighted by atomic mass is 9.96. The van der Waals surface area contributed by atoms with E-state index in [2.05, 4.69) is 217 Å². The number of benzene rings is 10. The molecule has 0 unspecified atom stereocenters. The highest BCUT2D eigenvalue weighted by molar-refractivity contribution is 7.26. The molecule has 0 aliphatic heterocycles. The minimum Gasteiger partial charge on any atom is -0.309 e. The Balaban J connectivity index is 0.988. The zero-order chi connectivity index (χ0) is 37.0. The molecule has 10 aromatic carbocycles. The largest absolute Gasteiger partial charge is 0.309 e. The molecule has 0 spiro atoms. The SMILES string of the molecule is c1ccc(-c2ccc(N(c3ccc(-c4ccc5cc(-c6ccc7ccccc7c6)ccc5c4)cc3)c3cccc4c3sc3ccc5ccccc5c34)cc2)cc1. The summed E-state index contributed by atoms with van der Waals surface area (Å²) in [7, 11) is 0. The number of hydrogen-bond donors (Lipinski definition) is 0. The summed E-state index contributed by atoms with van der Waals surface area (Å²) in [6.07, 6.45) is 0. The molecular formula is C54H35NS. The molecule has 1 aromatic heterocycles. The number of thiophene rings is 1. The molecule has 11 rings (SSSR count). The molecule has 1 heterocycles. The standard InChI is InChI=1S/C54H35NS/c1-2-9-36(10-3-1)38-23-28-47(29-24-38)55(51-16-8-15-50-53-49-14-7-6-12-40(49)27-32-52(53)56-54(50)51)48-30-25-39(26-31-48)42-19-20-45-35-46(22-21-44(45)34-42)43-18-17-37-11-4-5-13-41(37)33-43/h1-35H. The average Bonchev–Trinajstić information content (AvgIpc) is 3.67. The fourth-order valence-corrected chi connectivity index (χ4v) is 9.59. The van der Waals surface area contributed by atoms with Gasteiger partial charge in [0, 0.05) is 26.8 Å². The van der Waals surface area contributed by atoms with Crippen LogP contribution in [-0.4, -0.2) is 0 Å². The lowest BCUT2D eigenvalue weighted by Crippen LogP contribution is -2.10. The smallest absolute Gasteiger partial charge is 0.0640 e.